The van der Waals surface area contributed by atoms with E-state index in [-0.39, 0.29) is 18.8 Å². The number of amides is 2. The molecule has 0 bridgehead atoms. The Hall–Kier alpha value is -2.98. The number of benzene rings is 3. The maximum absolute atomic E-state index is 12.3. The Bertz CT molecular complexity index is 784. The molecular formula is C21H19ClN2O2. The summed E-state index contributed by atoms with van der Waals surface area (Å²) in [5.74, 6) is 0.636. The van der Waals surface area contributed by atoms with Crippen LogP contribution in [0, 0.1) is 0 Å². The first-order valence-electron chi connectivity index (χ1n) is 8.25. The predicted molar refractivity (Wildman–Crippen MR) is 103 cm³/mol. The standard InChI is InChI=1S/C21H19ClN2O2/c22-18-11-13-19(14-12-18)26-15-23-21(25)24-20(16-7-3-1-4-8-16)17-9-5-2-6-10-17/h1-14,20H,15H2,(H2,23,24,25). The third kappa shape index (κ3) is 5.01. The van der Waals surface area contributed by atoms with Gasteiger partial charge >= 0.3 is 6.03 Å². The molecule has 0 spiro atoms. The zero-order valence-electron chi connectivity index (χ0n) is 14.1. The normalized spacial score (nSPS) is 10.4. The highest BCUT2D eigenvalue weighted by molar-refractivity contribution is 6.30. The lowest BCUT2D eigenvalue weighted by atomic mass is 9.99. The van der Waals surface area contributed by atoms with E-state index >= 15 is 0 Å². The van der Waals surface area contributed by atoms with Crippen LogP contribution in [0.4, 0.5) is 4.79 Å². The summed E-state index contributed by atoms with van der Waals surface area (Å²) in [6.45, 7) is 0.0593. The van der Waals surface area contributed by atoms with Gasteiger partial charge in [0.1, 0.15) is 5.75 Å². The minimum absolute atomic E-state index is 0.0593. The predicted octanol–water partition coefficient (Wildman–Crippen LogP) is 4.77. The fraction of sp³-hybridized carbons (Fsp3) is 0.0952. The molecule has 3 aromatic carbocycles. The largest absolute Gasteiger partial charge is 0.473 e. The third-order valence-electron chi connectivity index (χ3n) is 3.83. The molecule has 2 amide bonds. The number of hydrogen-bond acceptors (Lipinski definition) is 2. The van der Waals surface area contributed by atoms with E-state index in [9.17, 15) is 4.79 Å². The molecule has 0 aliphatic rings. The van der Waals surface area contributed by atoms with Crippen molar-refractivity contribution in [3.63, 3.8) is 0 Å². The van der Waals surface area contributed by atoms with Crippen LogP contribution in [-0.4, -0.2) is 12.8 Å². The Balaban J connectivity index is 1.61. The summed E-state index contributed by atoms with van der Waals surface area (Å²) >= 11 is 5.83. The number of ether oxygens (including phenoxy) is 1. The van der Waals surface area contributed by atoms with Crippen molar-refractivity contribution in [3.8, 4) is 5.75 Å². The number of carbonyl (C=O) groups excluding carboxylic acids is 1. The van der Waals surface area contributed by atoms with Gasteiger partial charge in [-0.25, -0.2) is 4.79 Å². The Morgan fingerprint density at radius 3 is 1.92 bits per heavy atom. The Morgan fingerprint density at radius 1 is 0.846 bits per heavy atom. The lowest BCUT2D eigenvalue weighted by Gasteiger charge is -2.20. The van der Waals surface area contributed by atoms with Crippen LogP contribution in [0.25, 0.3) is 0 Å². The molecule has 5 heteroatoms. The minimum atomic E-state index is -0.309. The molecule has 2 N–H and O–H groups in total. The Kier molecular flexibility index (Phi) is 6.12. The van der Waals surface area contributed by atoms with E-state index < -0.39 is 0 Å². The van der Waals surface area contributed by atoms with Crippen molar-refractivity contribution in [3.05, 3.63) is 101 Å². The van der Waals surface area contributed by atoms with E-state index in [1.165, 1.54) is 0 Å². The molecular weight excluding hydrogens is 348 g/mol. The molecule has 0 aliphatic carbocycles. The summed E-state index contributed by atoms with van der Waals surface area (Å²) in [5.41, 5.74) is 2.01. The molecule has 132 valence electrons. The fourth-order valence-corrected chi connectivity index (χ4v) is 2.67. The summed E-state index contributed by atoms with van der Waals surface area (Å²) in [6, 6.07) is 26.1. The lowest BCUT2D eigenvalue weighted by Crippen LogP contribution is -2.40. The van der Waals surface area contributed by atoms with Gasteiger partial charge in [-0.2, -0.15) is 0 Å². The SMILES string of the molecule is O=C(NCOc1ccc(Cl)cc1)NC(c1ccccc1)c1ccccc1. The average Bonchev–Trinajstić information content (AvgIpc) is 2.69. The number of halogens is 1. The number of carbonyl (C=O) groups is 1. The molecule has 0 heterocycles. The van der Waals surface area contributed by atoms with E-state index in [1.54, 1.807) is 24.3 Å². The monoisotopic (exact) mass is 366 g/mol. The van der Waals surface area contributed by atoms with Crippen molar-refractivity contribution in [1.29, 1.82) is 0 Å². The van der Waals surface area contributed by atoms with Gasteiger partial charge in [0.05, 0.1) is 6.04 Å². The van der Waals surface area contributed by atoms with Crippen molar-refractivity contribution >= 4 is 17.6 Å². The number of nitrogens with one attached hydrogen (secondary N) is 2. The maximum Gasteiger partial charge on any atom is 0.318 e. The molecule has 26 heavy (non-hydrogen) atoms. The highest BCUT2D eigenvalue weighted by atomic mass is 35.5. The molecule has 0 radical (unpaired) electrons. The molecule has 3 rings (SSSR count). The quantitative estimate of drug-likeness (QED) is 0.618. The third-order valence-corrected chi connectivity index (χ3v) is 4.08. The number of hydrogen-bond donors (Lipinski definition) is 2. The summed E-state index contributed by atoms with van der Waals surface area (Å²) < 4.78 is 5.49. The van der Waals surface area contributed by atoms with E-state index in [1.807, 2.05) is 60.7 Å². The van der Waals surface area contributed by atoms with Gasteiger partial charge in [0, 0.05) is 5.02 Å². The van der Waals surface area contributed by atoms with E-state index in [0.717, 1.165) is 11.1 Å². The summed E-state index contributed by atoms with van der Waals surface area (Å²) in [6.07, 6.45) is 0. The van der Waals surface area contributed by atoms with Crippen LogP contribution < -0.4 is 15.4 Å². The van der Waals surface area contributed by atoms with Gasteiger partial charge in [0.15, 0.2) is 6.73 Å². The highest BCUT2D eigenvalue weighted by Gasteiger charge is 2.16. The molecule has 0 aliphatic heterocycles. The molecule has 4 nitrogen and oxygen atoms in total. The average molecular weight is 367 g/mol. The number of rotatable bonds is 6. The first-order chi connectivity index (χ1) is 12.7. The van der Waals surface area contributed by atoms with E-state index in [4.69, 9.17) is 16.3 Å². The second-order valence-electron chi connectivity index (χ2n) is 5.65. The second kappa shape index (κ2) is 8.92. The maximum atomic E-state index is 12.3. The molecule has 0 unspecified atom stereocenters. The topological polar surface area (TPSA) is 50.4 Å². The van der Waals surface area contributed by atoms with Crippen molar-refractivity contribution < 1.29 is 9.53 Å². The van der Waals surface area contributed by atoms with Crippen LogP contribution in [0.2, 0.25) is 5.02 Å². The van der Waals surface area contributed by atoms with Gasteiger partial charge in [-0.3, -0.25) is 0 Å². The second-order valence-corrected chi connectivity index (χ2v) is 6.08. The van der Waals surface area contributed by atoms with Gasteiger partial charge in [-0.15, -0.1) is 0 Å². The summed E-state index contributed by atoms with van der Waals surface area (Å²) in [5, 5.41) is 6.34. The van der Waals surface area contributed by atoms with Crippen molar-refractivity contribution in [2.45, 2.75) is 6.04 Å². The zero-order chi connectivity index (χ0) is 18.2. The Morgan fingerprint density at radius 2 is 1.38 bits per heavy atom. The Labute approximate surface area is 157 Å². The molecule has 0 fully saturated rings. The molecule has 0 saturated carbocycles. The van der Waals surface area contributed by atoms with Crippen LogP contribution in [0.5, 0.6) is 5.75 Å². The van der Waals surface area contributed by atoms with Crippen molar-refractivity contribution in [2.75, 3.05) is 6.73 Å². The summed E-state index contributed by atoms with van der Waals surface area (Å²) in [7, 11) is 0. The van der Waals surface area contributed by atoms with Gasteiger partial charge in [-0.05, 0) is 35.4 Å². The van der Waals surface area contributed by atoms with Crippen LogP contribution in [-0.2, 0) is 0 Å². The lowest BCUT2D eigenvalue weighted by molar-refractivity contribution is 0.222. The van der Waals surface area contributed by atoms with Gasteiger partial charge in [-0.1, -0.05) is 72.3 Å². The molecule has 0 saturated heterocycles. The smallest absolute Gasteiger partial charge is 0.318 e. The van der Waals surface area contributed by atoms with Crippen LogP contribution in [0.3, 0.4) is 0 Å². The summed E-state index contributed by atoms with van der Waals surface area (Å²) in [4.78, 5) is 12.3. The van der Waals surface area contributed by atoms with Crippen LogP contribution in [0.1, 0.15) is 17.2 Å². The molecule has 0 atom stereocenters. The van der Waals surface area contributed by atoms with Gasteiger partial charge in [0.25, 0.3) is 0 Å². The first kappa shape index (κ1) is 17.8. The zero-order valence-corrected chi connectivity index (χ0v) is 14.8. The van der Waals surface area contributed by atoms with Crippen LogP contribution >= 0.6 is 11.6 Å². The van der Waals surface area contributed by atoms with Crippen molar-refractivity contribution in [1.82, 2.24) is 10.6 Å². The van der Waals surface area contributed by atoms with E-state index in [2.05, 4.69) is 10.6 Å². The minimum Gasteiger partial charge on any atom is -0.473 e. The molecule has 3 aromatic rings. The van der Waals surface area contributed by atoms with Crippen molar-refractivity contribution in [2.24, 2.45) is 0 Å². The van der Waals surface area contributed by atoms with E-state index in [0.29, 0.717) is 10.8 Å². The van der Waals surface area contributed by atoms with Gasteiger partial charge < -0.3 is 15.4 Å². The molecule has 0 aromatic heterocycles. The number of urea groups is 1. The highest BCUT2D eigenvalue weighted by Crippen LogP contribution is 2.21. The van der Waals surface area contributed by atoms with Crippen LogP contribution in [0.15, 0.2) is 84.9 Å². The first-order valence-corrected chi connectivity index (χ1v) is 8.63. The van der Waals surface area contributed by atoms with Gasteiger partial charge in [0.2, 0.25) is 0 Å². The fourth-order valence-electron chi connectivity index (χ4n) is 2.55.